The van der Waals surface area contributed by atoms with Crippen molar-refractivity contribution in [3.8, 4) is 0 Å². The number of nitrogens with one attached hydrogen (secondary N) is 1. The predicted molar refractivity (Wildman–Crippen MR) is 75.8 cm³/mol. The zero-order chi connectivity index (χ0) is 14.3. The van der Waals surface area contributed by atoms with E-state index in [1.54, 1.807) is 13.0 Å². The van der Waals surface area contributed by atoms with Crippen LogP contribution in [0.2, 0.25) is 0 Å². The number of aromatic amines is 1. The van der Waals surface area contributed by atoms with Crippen LogP contribution >= 0.6 is 0 Å². The number of sulfonamides is 1. The molecule has 20 heavy (non-hydrogen) atoms. The first-order valence-electron chi connectivity index (χ1n) is 6.39. The second-order valence-corrected chi connectivity index (χ2v) is 6.72. The van der Waals surface area contributed by atoms with Crippen molar-refractivity contribution in [2.24, 2.45) is 5.73 Å². The van der Waals surface area contributed by atoms with Crippen LogP contribution in [0.4, 0.5) is 5.69 Å². The van der Waals surface area contributed by atoms with E-state index in [4.69, 9.17) is 5.73 Å². The molecule has 1 atom stereocenters. The number of nitrogens with zero attached hydrogens (tertiary/aromatic N) is 2. The number of nitrogens with two attached hydrogens (primary N) is 1. The van der Waals surface area contributed by atoms with Crippen LogP contribution in [0.25, 0.3) is 0 Å². The first-order chi connectivity index (χ1) is 9.51. The average Bonchev–Trinajstić information content (AvgIpc) is 2.86. The zero-order valence-corrected chi connectivity index (χ0v) is 11.9. The fraction of sp³-hybridized carbons (Fsp3) is 0.308. The molecule has 3 rings (SSSR count). The largest absolute Gasteiger partial charge is 0.324 e. The topological polar surface area (TPSA) is 92.1 Å². The molecule has 0 amide bonds. The molecule has 6 nitrogen and oxygen atoms in total. The number of aromatic nitrogens is 2. The second kappa shape index (κ2) is 4.60. The lowest BCUT2D eigenvalue weighted by molar-refractivity contribution is 0.574. The third-order valence-corrected chi connectivity index (χ3v) is 5.53. The van der Waals surface area contributed by atoms with Gasteiger partial charge in [0, 0.05) is 12.6 Å². The number of benzene rings is 1. The van der Waals surface area contributed by atoms with Crippen LogP contribution in [0.15, 0.2) is 35.4 Å². The fourth-order valence-corrected chi connectivity index (χ4v) is 4.16. The van der Waals surface area contributed by atoms with Gasteiger partial charge in [-0.05, 0) is 25.0 Å². The Hall–Kier alpha value is -1.86. The van der Waals surface area contributed by atoms with Gasteiger partial charge in [-0.2, -0.15) is 5.10 Å². The molecule has 3 N–H and O–H groups in total. The maximum absolute atomic E-state index is 12.8. The summed E-state index contributed by atoms with van der Waals surface area (Å²) in [5, 5.41) is 6.46. The Morgan fingerprint density at radius 3 is 2.85 bits per heavy atom. The van der Waals surface area contributed by atoms with E-state index in [0.29, 0.717) is 24.3 Å². The highest BCUT2D eigenvalue weighted by atomic mass is 32.2. The molecule has 0 saturated heterocycles. The molecule has 1 aromatic carbocycles. The minimum atomic E-state index is -3.60. The van der Waals surface area contributed by atoms with E-state index < -0.39 is 10.0 Å². The number of rotatable bonds is 2. The average molecular weight is 292 g/mol. The monoisotopic (exact) mass is 292 g/mol. The maximum atomic E-state index is 12.8. The second-order valence-electron chi connectivity index (χ2n) is 4.89. The molecule has 1 aromatic heterocycles. The van der Waals surface area contributed by atoms with Gasteiger partial charge in [0.25, 0.3) is 10.0 Å². The molecule has 0 bridgehead atoms. The highest BCUT2D eigenvalue weighted by Gasteiger charge is 2.33. The van der Waals surface area contributed by atoms with Crippen molar-refractivity contribution in [3.05, 3.63) is 41.7 Å². The number of hydrogen-bond donors (Lipinski definition) is 2. The molecule has 1 unspecified atom stereocenters. The summed E-state index contributed by atoms with van der Waals surface area (Å²) in [6.45, 7) is 2.08. The highest BCUT2D eigenvalue weighted by molar-refractivity contribution is 7.92. The molecule has 0 saturated carbocycles. The SMILES string of the molecule is Cc1[nH]ncc1S(=O)(=O)N1CCC(N)c2ccccc21. The van der Waals surface area contributed by atoms with Gasteiger partial charge < -0.3 is 5.73 Å². The zero-order valence-electron chi connectivity index (χ0n) is 11.1. The summed E-state index contributed by atoms with van der Waals surface area (Å²) < 4.78 is 26.9. The Balaban J connectivity index is 2.13. The summed E-state index contributed by atoms with van der Waals surface area (Å²) in [5.41, 5.74) is 8.12. The van der Waals surface area contributed by atoms with Crippen molar-refractivity contribution < 1.29 is 8.42 Å². The lowest BCUT2D eigenvalue weighted by atomic mass is 9.99. The number of H-pyrrole nitrogens is 1. The van der Waals surface area contributed by atoms with Crippen molar-refractivity contribution in [2.45, 2.75) is 24.3 Å². The van der Waals surface area contributed by atoms with Crippen LogP contribution in [0.3, 0.4) is 0 Å². The Morgan fingerprint density at radius 1 is 1.40 bits per heavy atom. The van der Waals surface area contributed by atoms with E-state index in [1.165, 1.54) is 10.5 Å². The van der Waals surface area contributed by atoms with E-state index >= 15 is 0 Å². The van der Waals surface area contributed by atoms with Gasteiger partial charge in [0.1, 0.15) is 4.90 Å². The van der Waals surface area contributed by atoms with Gasteiger partial charge in [0.05, 0.1) is 17.6 Å². The lowest BCUT2D eigenvalue weighted by Gasteiger charge is -2.33. The van der Waals surface area contributed by atoms with Crippen molar-refractivity contribution in [3.63, 3.8) is 0 Å². The third-order valence-electron chi connectivity index (χ3n) is 3.60. The van der Waals surface area contributed by atoms with Gasteiger partial charge in [0.2, 0.25) is 0 Å². The third kappa shape index (κ3) is 1.90. The smallest absolute Gasteiger partial charge is 0.267 e. The summed E-state index contributed by atoms with van der Waals surface area (Å²) in [4.78, 5) is 0.211. The summed E-state index contributed by atoms with van der Waals surface area (Å²) in [6.07, 6.45) is 1.95. The molecule has 0 spiro atoms. The van der Waals surface area contributed by atoms with Crippen LogP contribution in [0, 0.1) is 6.92 Å². The van der Waals surface area contributed by atoms with Crippen molar-refractivity contribution in [1.29, 1.82) is 0 Å². The highest BCUT2D eigenvalue weighted by Crippen LogP contribution is 2.35. The number of aryl methyl sites for hydroxylation is 1. The number of fused-ring (bicyclic) bond motifs is 1. The van der Waals surface area contributed by atoms with E-state index in [9.17, 15) is 8.42 Å². The van der Waals surface area contributed by atoms with Gasteiger partial charge in [-0.3, -0.25) is 9.40 Å². The standard InChI is InChI=1S/C13H16N4O2S/c1-9-13(8-15-16-9)20(18,19)17-7-6-11(14)10-4-2-3-5-12(10)17/h2-5,8,11H,6-7,14H2,1H3,(H,15,16). The molecular weight excluding hydrogens is 276 g/mol. The molecule has 2 aromatic rings. The maximum Gasteiger partial charge on any atom is 0.267 e. The Labute approximate surface area is 117 Å². The molecule has 1 aliphatic rings. The van der Waals surface area contributed by atoms with E-state index in [-0.39, 0.29) is 10.9 Å². The summed E-state index contributed by atoms with van der Waals surface area (Å²) in [6, 6.07) is 7.24. The Morgan fingerprint density at radius 2 is 2.15 bits per heavy atom. The normalized spacial score (nSPS) is 18.9. The van der Waals surface area contributed by atoms with Crippen LogP contribution in [0.5, 0.6) is 0 Å². The van der Waals surface area contributed by atoms with Crippen molar-refractivity contribution >= 4 is 15.7 Å². The van der Waals surface area contributed by atoms with Crippen molar-refractivity contribution in [2.75, 3.05) is 10.8 Å². The minimum absolute atomic E-state index is 0.122. The van der Waals surface area contributed by atoms with E-state index in [2.05, 4.69) is 10.2 Å². The molecule has 0 fully saturated rings. The number of anilines is 1. The van der Waals surface area contributed by atoms with Gasteiger partial charge in [-0.25, -0.2) is 8.42 Å². The molecule has 1 aliphatic heterocycles. The van der Waals surface area contributed by atoms with E-state index in [1.807, 2.05) is 18.2 Å². The van der Waals surface area contributed by atoms with Crippen LogP contribution in [-0.4, -0.2) is 25.2 Å². The number of para-hydroxylation sites is 1. The Kier molecular flexibility index (Phi) is 3.02. The van der Waals surface area contributed by atoms with Crippen LogP contribution in [-0.2, 0) is 10.0 Å². The Bertz CT molecular complexity index is 738. The first-order valence-corrected chi connectivity index (χ1v) is 7.83. The minimum Gasteiger partial charge on any atom is -0.324 e. The van der Waals surface area contributed by atoms with Gasteiger partial charge in [0.15, 0.2) is 0 Å². The molecule has 0 aliphatic carbocycles. The van der Waals surface area contributed by atoms with Crippen LogP contribution < -0.4 is 10.0 Å². The summed E-state index contributed by atoms with van der Waals surface area (Å²) in [7, 11) is -3.60. The van der Waals surface area contributed by atoms with Gasteiger partial charge in [-0.1, -0.05) is 18.2 Å². The van der Waals surface area contributed by atoms with Gasteiger partial charge in [-0.15, -0.1) is 0 Å². The summed E-state index contributed by atoms with van der Waals surface area (Å²) >= 11 is 0. The molecule has 0 radical (unpaired) electrons. The van der Waals surface area contributed by atoms with E-state index in [0.717, 1.165) is 5.56 Å². The molecular formula is C13H16N4O2S. The molecule has 7 heteroatoms. The fourth-order valence-electron chi connectivity index (χ4n) is 2.53. The quantitative estimate of drug-likeness (QED) is 0.873. The predicted octanol–water partition coefficient (Wildman–Crippen LogP) is 1.32. The first kappa shape index (κ1) is 13.1. The summed E-state index contributed by atoms with van der Waals surface area (Å²) in [5.74, 6) is 0. The molecule has 2 heterocycles. The molecule has 106 valence electrons. The van der Waals surface area contributed by atoms with Crippen LogP contribution in [0.1, 0.15) is 23.7 Å². The van der Waals surface area contributed by atoms with Gasteiger partial charge >= 0.3 is 0 Å². The lowest BCUT2D eigenvalue weighted by Crippen LogP contribution is -2.38. The number of hydrogen-bond acceptors (Lipinski definition) is 4. The van der Waals surface area contributed by atoms with Crippen molar-refractivity contribution in [1.82, 2.24) is 10.2 Å².